The molecular formula is C16H34O4Si. The lowest BCUT2D eigenvalue weighted by Crippen LogP contribution is -2.50. The quantitative estimate of drug-likeness (QED) is 0.520. The first-order chi connectivity index (χ1) is 9.51. The zero-order chi connectivity index (χ0) is 16.8. The van der Waals surface area contributed by atoms with Crippen LogP contribution in [0.15, 0.2) is 0 Å². The Balaban J connectivity index is 5.06. The van der Waals surface area contributed by atoms with E-state index in [1.807, 2.05) is 6.92 Å². The number of carbonyl (C=O) groups is 1. The number of esters is 1. The fourth-order valence-corrected chi connectivity index (χ4v) is 8.81. The van der Waals surface area contributed by atoms with Crippen molar-refractivity contribution in [3.05, 3.63) is 0 Å². The minimum Gasteiger partial charge on any atom is -0.465 e. The Kier molecular flexibility index (Phi) is 8.14. The lowest BCUT2D eigenvalue weighted by molar-refractivity contribution is -0.146. The first-order valence-corrected chi connectivity index (χ1v) is 10.0. The van der Waals surface area contributed by atoms with Gasteiger partial charge in [-0.3, -0.25) is 4.79 Å². The number of rotatable bonds is 9. The highest BCUT2D eigenvalue weighted by Crippen LogP contribution is 2.43. The second-order valence-corrected chi connectivity index (χ2v) is 12.8. The molecule has 0 aromatic rings. The minimum atomic E-state index is -1.96. The van der Waals surface area contributed by atoms with Gasteiger partial charge in [0.05, 0.1) is 6.61 Å². The van der Waals surface area contributed by atoms with Gasteiger partial charge in [0.2, 0.25) is 0 Å². The Labute approximate surface area is 131 Å². The highest BCUT2D eigenvalue weighted by molar-refractivity contribution is 6.77. The van der Waals surface area contributed by atoms with Crippen LogP contribution >= 0.6 is 0 Å². The molecule has 21 heavy (non-hydrogen) atoms. The van der Waals surface area contributed by atoms with Gasteiger partial charge >= 0.3 is 5.97 Å². The second kappa shape index (κ2) is 8.29. The van der Waals surface area contributed by atoms with Gasteiger partial charge in [-0.2, -0.15) is 0 Å². The third-order valence-electron chi connectivity index (χ3n) is 4.38. The molecule has 0 amide bonds. The predicted octanol–water partition coefficient (Wildman–Crippen LogP) is 3.74. The molecule has 0 saturated heterocycles. The van der Waals surface area contributed by atoms with Crippen LogP contribution < -0.4 is 0 Å². The molecule has 0 spiro atoms. The molecule has 0 aromatic heterocycles. The van der Waals surface area contributed by atoms with Crippen molar-refractivity contribution in [1.82, 2.24) is 0 Å². The van der Waals surface area contributed by atoms with Crippen LogP contribution in [0.3, 0.4) is 0 Å². The molecule has 0 aliphatic rings. The zero-order valence-electron chi connectivity index (χ0n) is 15.0. The molecule has 1 N–H and O–H groups in total. The summed E-state index contributed by atoms with van der Waals surface area (Å²) in [6, 6.07) is 0. The number of aliphatic hydroxyl groups is 1. The maximum Gasteiger partial charge on any atom is 0.302 e. The van der Waals surface area contributed by atoms with Gasteiger partial charge in [0.25, 0.3) is 0 Å². The second-order valence-electron chi connectivity index (χ2n) is 7.36. The lowest BCUT2D eigenvalue weighted by Gasteiger charge is -2.44. The summed E-state index contributed by atoms with van der Waals surface area (Å²) in [4.78, 5) is 11.0. The molecule has 5 heteroatoms. The Morgan fingerprint density at radius 1 is 1.05 bits per heavy atom. The molecule has 126 valence electrons. The molecule has 0 radical (unpaired) electrons. The summed E-state index contributed by atoms with van der Waals surface area (Å²) in [7, 11) is -1.96. The molecule has 4 nitrogen and oxygen atoms in total. The normalized spacial score (nSPS) is 15.6. The summed E-state index contributed by atoms with van der Waals surface area (Å²) in [5, 5.41) is 9.65. The van der Waals surface area contributed by atoms with E-state index >= 15 is 0 Å². The number of carbonyl (C=O) groups excluding carboxylic acids is 1. The van der Waals surface area contributed by atoms with Crippen LogP contribution in [0, 0.1) is 5.41 Å². The van der Waals surface area contributed by atoms with Crippen LogP contribution in [0.1, 0.15) is 55.4 Å². The van der Waals surface area contributed by atoms with Gasteiger partial charge in [-0.15, -0.1) is 0 Å². The van der Waals surface area contributed by atoms with Gasteiger partial charge < -0.3 is 14.3 Å². The highest BCUT2D eigenvalue weighted by Gasteiger charge is 2.46. The van der Waals surface area contributed by atoms with E-state index in [1.54, 1.807) is 0 Å². The predicted molar refractivity (Wildman–Crippen MR) is 88.8 cm³/mol. The third-order valence-corrected chi connectivity index (χ3v) is 10.4. The van der Waals surface area contributed by atoms with E-state index in [0.29, 0.717) is 23.2 Å². The average Bonchev–Trinajstić information content (AvgIpc) is 2.35. The molecule has 0 fully saturated rings. The van der Waals surface area contributed by atoms with Crippen LogP contribution in [-0.2, 0) is 14.0 Å². The first-order valence-electron chi connectivity index (χ1n) is 7.90. The summed E-state index contributed by atoms with van der Waals surface area (Å²) in [5.74, 6) is -0.324. The Hall–Kier alpha value is -0.393. The van der Waals surface area contributed by atoms with E-state index in [4.69, 9.17) is 9.16 Å². The van der Waals surface area contributed by atoms with E-state index in [9.17, 15) is 9.90 Å². The number of ether oxygens (including phenoxy) is 1. The first kappa shape index (κ1) is 20.6. The van der Waals surface area contributed by atoms with Crippen molar-refractivity contribution in [1.29, 1.82) is 0 Å². The Bertz CT molecular complexity index is 306. The highest BCUT2D eigenvalue weighted by atomic mass is 28.4. The van der Waals surface area contributed by atoms with E-state index in [1.165, 1.54) is 6.92 Å². The topological polar surface area (TPSA) is 55.8 Å². The Morgan fingerprint density at radius 2 is 1.48 bits per heavy atom. The van der Waals surface area contributed by atoms with E-state index in [2.05, 4.69) is 41.5 Å². The lowest BCUT2D eigenvalue weighted by atomic mass is 9.95. The van der Waals surface area contributed by atoms with Gasteiger partial charge in [0.1, 0.15) is 6.61 Å². The minimum absolute atomic E-state index is 0.0565. The molecule has 0 aliphatic carbocycles. The van der Waals surface area contributed by atoms with Crippen LogP contribution in [0.2, 0.25) is 16.6 Å². The molecular weight excluding hydrogens is 284 g/mol. The van der Waals surface area contributed by atoms with E-state index in [0.717, 1.165) is 0 Å². The number of hydrogen-bond acceptors (Lipinski definition) is 4. The monoisotopic (exact) mass is 318 g/mol. The fraction of sp³-hybridized carbons (Fsp3) is 0.938. The van der Waals surface area contributed by atoms with Crippen molar-refractivity contribution in [3.63, 3.8) is 0 Å². The summed E-state index contributed by atoms with van der Waals surface area (Å²) < 4.78 is 11.6. The Morgan fingerprint density at radius 3 is 1.76 bits per heavy atom. The van der Waals surface area contributed by atoms with Gasteiger partial charge in [-0.25, -0.2) is 0 Å². The number of aliphatic hydroxyl groups excluding tert-OH is 1. The van der Waals surface area contributed by atoms with Gasteiger partial charge in [-0.05, 0) is 16.6 Å². The zero-order valence-corrected chi connectivity index (χ0v) is 16.0. The maximum atomic E-state index is 11.0. The van der Waals surface area contributed by atoms with Crippen molar-refractivity contribution in [2.45, 2.75) is 72.0 Å². The van der Waals surface area contributed by atoms with Crippen LogP contribution in [0.4, 0.5) is 0 Å². The van der Waals surface area contributed by atoms with Crippen LogP contribution in [0.5, 0.6) is 0 Å². The van der Waals surface area contributed by atoms with Gasteiger partial charge in [-0.1, -0.05) is 48.5 Å². The van der Waals surface area contributed by atoms with Crippen molar-refractivity contribution in [2.24, 2.45) is 5.41 Å². The summed E-state index contributed by atoms with van der Waals surface area (Å²) in [6.07, 6.45) is 0. The van der Waals surface area contributed by atoms with Crippen molar-refractivity contribution >= 4 is 14.3 Å². The maximum absolute atomic E-state index is 11.0. The molecule has 1 unspecified atom stereocenters. The molecule has 0 aliphatic heterocycles. The van der Waals surface area contributed by atoms with Crippen LogP contribution in [0.25, 0.3) is 0 Å². The molecule has 0 rings (SSSR count). The summed E-state index contributed by atoms with van der Waals surface area (Å²) in [6.45, 7) is 17.2. The summed E-state index contributed by atoms with van der Waals surface area (Å²) in [5.41, 5.74) is 0.945. The molecule has 0 aromatic carbocycles. The van der Waals surface area contributed by atoms with E-state index in [-0.39, 0.29) is 19.2 Å². The SMILES string of the molecule is CC(=O)OCC(C)(CO)CO[Si](C(C)C)(C(C)C)C(C)C. The average molecular weight is 319 g/mol. The smallest absolute Gasteiger partial charge is 0.302 e. The molecule has 1 atom stereocenters. The number of hydrogen-bond donors (Lipinski definition) is 1. The molecule has 0 bridgehead atoms. The van der Waals surface area contributed by atoms with Gasteiger partial charge in [0, 0.05) is 18.9 Å². The van der Waals surface area contributed by atoms with E-state index < -0.39 is 13.7 Å². The van der Waals surface area contributed by atoms with Crippen molar-refractivity contribution < 1.29 is 19.1 Å². The largest absolute Gasteiger partial charge is 0.465 e. The van der Waals surface area contributed by atoms with Gasteiger partial charge in [0.15, 0.2) is 8.32 Å². The molecule has 0 heterocycles. The third kappa shape index (κ3) is 5.38. The van der Waals surface area contributed by atoms with Crippen LogP contribution in [-0.4, -0.2) is 39.2 Å². The summed E-state index contributed by atoms with van der Waals surface area (Å²) >= 11 is 0. The standard InChI is InChI=1S/C16H34O4Si/c1-12(2)21(13(3)4,14(5)6)20-11-16(8,9-17)10-19-15(7)18/h12-14,17H,9-11H2,1-8H3. The van der Waals surface area contributed by atoms with Crippen molar-refractivity contribution in [2.75, 3.05) is 19.8 Å². The molecule has 0 saturated carbocycles. The van der Waals surface area contributed by atoms with Crippen molar-refractivity contribution in [3.8, 4) is 0 Å². The fourth-order valence-electron chi connectivity index (χ4n) is 3.21.